The zero-order chi connectivity index (χ0) is 13.0. The Labute approximate surface area is 108 Å². The molecule has 100 valence electrons. The Bertz CT molecular complexity index is 413. The van der Waals surface area contributed by atoms with Crippen LogP contribution in [0.2, 0.25) is 0 Å². The van der Waals surface area contributed by atoms with Crippen LogP contribution in [0.3, 0.4) is 0 Å². The molecule has 1 aliphatic heterocycles. The molecule has 1 fully saturated rings. The fraction of sp³-hybridized carbons (Fsp3) is 0.692. The lowest BCUT2D eigenvalue weighted by Crippen LogP contribution is -2.23. The van der Waals surface area contributed by atoms with E-state index in [-0.39, 0.29) is 5.91 Å². The monoisotopic (exact) mass is 250 g/mol. The van der Waals surface area contributed by atoms with Crippen molar-refractivity contribution in [2.75, 3.05) is 11.9 Å². The number of carbonyl (C=O) groups is 1. The first-order chi connectivity index (χ1) is 8.72. The lowest BCUT2D eigenvalue weighted by atomic mass is 10.1. The van der Waals surface area contributed by atoms with Crippen LogP contribution in [0, 0.1) is 0 Å². The highest BCUT2D eigenvalue weighted by Crippen LogP contribution is 2.19. The Balaban J connectivity index is 2.03. The van der Waals surface area contributed by atoms with Crippen molar-refractivity contribution in [3.05, 3.63) is 11.9 Å². The van der Waals surface area contributed by atoms with E-state index in [1.165, 1.54) is 0 Å². The summed E-state index contributed by atoms with van der Waals surface area (Å²) in [5, 5.41) is 11.0. The van der Waals surface area contributed by atoms with Gasteiger partial charge in [0.25, 0.3) is 0 Å². The third kappa shape index (κ3) is 3.03. The number of carbonyl (C=O) groups excluding carboxylic acids is 1. The summed E-state index contributed by atoms with van der Waals surface area (Å²) < 4.78 is 1.96. The van der Waals surface area contributed by atoms with E-state index in [4.69, 9.17) is 0 Å². The molecule has 0 aromatic carbocycles. The van der Waals surface area contributed by atoms with Crippen molar-refractivity contribution in [2.45, 2.75) is 52.1 Å². The second-order valence-electron chi connectivity index (χ2n) is 4.72. The average molecular weight is 250 g/mol. The number of nitrogens with zero attached hydrogens (tertiary/aromatic N) is 2. The minimum absolute atomic E-state index is 0.166. The van der Waals surface area contributed by atoms with Crippen LogP contribution in [0.25, 0.3) is 0 Å². The van der Waals surface area contributed by atoms with Crippen molar-refractivity contribution >= 4 is 11.6 Å². The first-order valence-corrected chi connectivity index (χ1v) is 6.82. The summed E-state index contributed by atoms with van der Waals surface area (Å²) in [6.45, 7) is 5.86. The third-order valence-corrected chi connectivity index (χ3v) is 3.39. The number of rotatable bonds is 4. The van der Waals surface area contributed by atoms with Gasteiger partial charge in [-0.1, -0.05) is 6.92 Å². The second-order valence-corrected chi connectivity index (χ2v) is 4.72. The van der Waals surface area contributed by atoms with E-state index in [2.05, 4.69) is 35.8 Å². The van der Waals surface area contributed by atoms with Crippen LogP contribution >= 0.6 is 0 Å². The lowest BCUT2D eigenvalue weighted by molar-refractivity contribution is -0.120. The van der Waals surface area contributed by atoms with E-state index >= 15 is 0 Å². The molecule has 0 saturated carbocycles. The molecule has 2 N–H and O–H groups in total. The molecule has 5 heteroatoms. The molecule has 1 aliphatic rings. The zero-order valence-corrected chi connectivity index (χ0v) is 11.2. The maximum absolute atomic E-state index is 11.3. The van der Waals surface area contributed by atoms with Gasteiger partial charge in [0.1, 0.15) is 0 Å². The molecule has 1 unspecified atom stereocenters. The Kier molecular flexibility index (Phi) is 4.23. The minimum atomic E-state index is 0.166. The average Bonchev–Trinajstić information content (AvgIpc) is 2.66. The number of hydrogen-bond acceptors (Lipinski definition) is 3. The fourth-order valence-electron chi connectivity index (χ4n) is 2.29. The molecule has 1 aromatic rings. The molecule has 5 nitrogen and oxygen atoms in total. The van der Waals surface area contributed by atoms with Crippen LogP contribution in [0.5, 0.6) is 0 Å². The quantitative estimate of drug-likeness (QED) is 0.852. The number of anilines is 1. The van der Waals surface area contributed by atoms with Gasteiger partial charge in [-0.25, -0.2) is 0 Å². The summed E-state index contributed by atoms with van der Waals surface area (Å²) in [7, 11) is 0. The van der Waals surface area contributed by atoms with Gasteiger partial charge in [0.2, 0.25) is 5.91 Å². The van der Waals surface area contributed by atoms with Crippen molar-refractivity contribution < 1.29 is 4.79 Å². The summed E-state index contributed by atoms with van der Waals surface area (Å²) in [5.74, 6) is 0.166. The van der Waals surface area contributed by atoms with Gasteiger partial charge < -0.3 is 10.6 Å². The molecule has 1 amide bonds. The lowest BCUT2D eigenvalue weighted by Gasteiger charge is -2.16. The number of amides is 1. The Morgan fingerprint density at radius 2 is 2.33 bits per heavy atom. The molecule has 18 heavy (non-hydrogen) atoms. The van der Waals surface area contributed by atoms with Gasteiger partial charge >= 0.3 is 0 Å². The number of nitrogens with one attached hydrogen (secondary N) is 2. The molecular formula is C13H22N4O. The molecule has 1 saturated heterocycles. The summed E-state index contributed by atoms with van der Waals surface area (Å²) in [6.07, 6.45) is 5.48. The van der Waals surface area contributed by atoms with E-state index < -0.39 is 0 Å². The Morgan fingerprint density at radius 3 is 3.06 bits per heavy atom. The molecule has 0 aliphatic carbocycles. The van der Waals surface area contributed by atoms with Crippen molar-refractivity contribution in [2.24, 2.45) is 0 Å². The fourth-order valence-corrected chi connectivity index (χ4v) is 2.29. The minimum Gasteiger partial charge on any atom is -0.379 e. The topological polar surface area (TPSA) is 59.0 Å². The summed E-state index contributed by atoms with van der Waals surface area (Å²) in [4.78, 5) is 11.3. The SMILES string of the molecule is CCc1nn(CC)cc1NC1CCNC(=O)CC1. The van der Waals surface area contributed by atoms with Gasteiger partial charge in [0.15, 0.2) is 0 Å². The van der Waals surface area contributed by atoms with Crippen molar-refractivity contribution in [3.63, 3.8) is 0 Å². The van der Waals surface area contributed by atoms with Gasteiger partial charge in [0, 0.05) is 31.7 Å². The summed E-state index contributed by atoms with van der Waals surface area (Å²) in [5.41, 5.74) is 2.24. The molecule has 2 rings (SSSR count). The normalized spacial score (nSPS) is 20.3. The van der Waals surface area contributed by atoms with E-state index in [0.29, 0.717) is 12.5 Å². The number of aryl methyl sites for hydroxylation is 2. The van der Waals surface area contributed by atoms with Crippen LogP contribution in [0.15, 0.2) is 6.20 Å². The van der Waals surface area contributed by atoms with Gasteiger partial charge in [-0.15, -0.1) is 0 Å². The predicted octanol–water partition coefficient (Wildman–Crippen LogP) is 1.55. The standard InChI is InChI=1S/C13H22N4O/c1-3-11-12(9-17(4-2)16-11)15-10-5-6-13(18)14-8-7-10/h9-10,15H,3-8H2,1-2H3,(H,14,18). The van der Waals surface area contributed by atoms with Gasteiger partial charge in [-0.3, -0.25) is 9.48 Å². The van der Waals surface area contributed by atoms with Gasteiger partial charge in [0.05, 0.1) is 11.4 Å². The molecular weight excluding hydrogens is 228 g/mol. The highest BCUT2D eigenvalue weighted by atomic mass is 16.1. The van der Waals surface area contributed by atoms with E-state index in [0.717, 1.165) is 43.7 Å². The molecule has 2 heterocycles. The highest BCUT2D eigenvalue weighted by molar-refractivity contribution is 5.76. The third-order valence-electron chi connectivity index (χ3n) is 3.39. The molecule has 0 bridgehead atoms. The molecule has 0 radical (unpaired) electrons. The number of hydrogen-bond donors (Lipinski definition) is 2. The van der Waals surface area contributed by atoms with Crippen LogP contribution < -0.4 is 10.6 Å². The summed E-state index contributed by atoms with van der Waals surface area (Å²) >= 11 is 0. The van der Waals surface area contributed by atoms with E-state index in [1.54, 1.807) is 0 Å². The Hall–Kier alpha value is -1.52. The first kappa shape index (κ1) is 12.9. The first-order valence-electron chi connectivity index (χ1n) is 6.82. The highest BCUT2D eigenvalue weighted by Gasteiger charge is 2.17. The van der Waals surface area contributed by atoms with Crippen molar-refractivity contribution in [1.82, 2.24) is 15.1 Å². The number of aromatic nitrogens is 2. The molecule has 1 atom stereocenters. The van der Waals surface area contributed by atoms with Crippen molar-refractivity contribution in [1.29, 1.82) is 0 Å². The second kappa shape index (κ2) is 5.89. The van der Waals surface area contributed by atoms with E-state index in [1.807, 2.05) is 4.68 Å². The predicted molar refractivity (Wildman–Crippen MR) is 71.6 cm³/mol. The summed E-state index contributed by atoms with van der Waals surface area (Å²) in [6, 6.07) is 0.365. The maximum Gasteiger partial charge on any atom is 0.220 e. The van der Waals surface area contributed by atoms with Crippen LogP contribution in [0.4, 0.5) is 5.69 Å². The largest absolute Gasteiger partial charge is 0.379 e. The van der Waals surface area contributed by atoms with Crippen molar-refractivity contribution in [3.8, 4) is 0 Å². The maximum atomic E-state index is 11.3. The van der Waals surface area contributed by atoms with Crippen LogP contribution in [-0.4, -0.2) is 28.3 Å². The smallest absolute Gasteiger partial charge is 0.220 e. The van der Waals surface area contributed by atoms with Gasteiger partial charge in [-0.2, -0.15) is 5.10 Å². The molecule has 0 spiro atoms. The van der Waals surface area contributed by atoms with Crippen LogP contribution in [-0.2, 0) is 17.8 Å². The molecule has 1 aromatic heterocycles. The van der Waals surface area contributed by atoms with Crippen LogP contribution in [0.1, 0.15) is 38.8 Å². The zero-order valence-electron chi connectivity index (χ0n) is 11.2. The van der Waals surface area contributed by atoms with E-state index in [9.17, 15) is 4.79 Å². The Morgan fingerprint density at radius 1 is 1.50 bits per heavy atom. The van der Waals surface area contributed by atoms with Gasteiger partial charge in [-0.05, 0) is 26.2 Å².